The van der Waals surface area contributed by atoms with Gasteiger partial charge in [0.2, 0.25) is 0 Å². The highest BCUT2D eigenvalue weighted by molar-refractivity contribution is 7.99. The molecule has 0 unspecified atom stereocenters. The third kappa shape index (κ3) is 1.70. The van der Waals surface area contributed by atoms with Gasteiger partial charge in [-0.05, 0) is 25.6 Å². The van der Waals surface area contributed by atoms with Crippen LogP contribution in [-0.4, -0.2) is 17.7 Å². The topological polar surface area (TPSA) is 12.0 Å². The summed E-state index contributed by atoms with van der Waals surface area (Å²) in [5.74, 6) is 1.34. The van der Waals surface area contributed by atoms with Gasteiger partial charge in [-0.1, -0.05) is 0 Å². The van der Waals surface area contributed by atoms with Crippen molar-refractivity contribution in [1.82, 2.24) is 5.32 Å². The van der Waals surface area contributed by atoms with E-state index in [-0.39, 0.29) is 0 Å². The number of nitrogens with one attached hydrogen (secondary N) is 1. The first-order valence-corrected chi connectivity index (χ1v) is 3.79. The Bertz CT molecular complexity index is 50.0. The number of hydrogen-bond acceptors (Lipinski definition) is 2. The maximum atomic E-state index is 3.34. The average molecular weight is 117 g/mol. The van der Waals surface area contributed by atoms with Crippen molar-refractivity contribution in [2.45, 2.75) is 18.7 Å². The SMILES string of the molecule is C[C@@H]1NCCCS1. The molecule has 0 aromatic heterocycles. The third-order valence-corrected chi connectivity index (χ3v) is 2.31. The highest BCUT2D eigenvalue weighted by Crippen LogP contribution is 2.12. The van der Waals surface area contributed by atoms with Crippen LogP contribution in [0.3, 0.4) is 0 Å². The minimum absolute atomic E-state index is 0.703. The van der Waals surface area contributed by atoms with Gasteiger partial charge in [0, 0.05) is 0 Å². The van der Waals surface area contributed by atoms with Gasteiger partial charge in [-0.3, -0.25) is 0 Å². The van der Waals surface area contributed by atoms with Gasteiger partial charge < -0.3 is 5.32 Å². The van der Waals surface area contributed by atoms with E-state index in [1.54, 1.807) is 0 Å². The molecule has 1 rings (SSSR count). The Labute approximate surface area is 48.9 Å². The fraction of sp³-hybridized carbons (Fsp3) is 1.00. The van der Waals surface area contributed by atoms with E-state index >= 15 is 0 Å². The van der Waals surface area contributed by atoms with Gasteiger partial charge in [-0.25, -0.2) is 0 Å². The van der Waals surface area contributed by atoms with Crippen LogP contribution in [0.25, 0.3) is 0 Å². The van der Waals surface area contributed by atoms with Gasteiger partial charge in [-0.15, -0.1) is 11.8 Å². The molecule has 0 aromatic carbocycles. The van der Waals surface area contributed by atoms with E-state index in [1.807, 2.05) is 11.8 Å². The second kappa shape index (κ2) is 2.58. The van der Waals surface area contributed by atoms with E-state index < -0.39 is 0 Å². The van der Waals surface area contributed by atoms with Gasteiger partial charge >= 0.3 is 0 Å². The largest absolute Gasteiger partial charge is 0.306 e. The first kappa shape index (κ1) is 5.45. The molecule has 0 amide bonds. The lowest BCUT2D eigenvalue weighted by Gasteiger charge is -2.17. The van der Waals surface area contributed by atoms with Crippen molar-refractivity contribution in [2.75, 3.05) is 12.3 Å². The van der Waals surface area contributed by atoms with Crippen LogP contribution in [0.4, 0.5) is 0 Å². The van der Waals surface area contributed by atoms with Crippen LogP contribution in [0.15, 0.2) is 0 Å². The zero-order valence-electron chi connectivity index (χ0n) is 4.61. The van der Waals surface area contributed by atoms with E-state index in [0.29, 0.717) is 5.37 Å². The molecule has 1 aliphatic heterocycles. The molecule has 1 aliphatic rings. The molecule has 1 fully saturated rings. The van der Waals surface area contributed by atoms with Crippen LogP contribution in [-0.2, 0) is 0 Å². The molecule has 7 heavy (non-hydrogen) atoms. The average Bonchev–Trinajstić information content (AvgIpc) is 1.69. The minimum atomic E-state index is 0.703. The monoisotopic (exact) mass is 117 g/mol. The van der Waals surface area contributed by atoms with Gasteiger partial charge in [0.15, 0.2) is 0 Å². The van der Waals surface area contributed by atoms with Crippen LogP contribution < -0.4 is 5.32 Å². The van der Waals surface area contributed by atoms with E-state index in [1.165, 1.54) is 18.7 Å². The number of thioether (sulfide) groups is 1. The lowest BCUT2D eigenvalue weighted by molar-refractivity contribution is 0.652. The standard InChI is InChI=1S/C5H11NS/c1-5-6-3-2-4-7-5/h5-6H,2-4H2,1H3/t5-/m1/s1. The fourth-order valence-corrected chi connectivity index (χ4v) is 1.60. The molecular weight excluding hydrogens is 106 g/mol. The van der Waals surface area contributed by atoms with Gasteiger partial charge in [-0.2, -0.15) is 0 Å². The molecule has 0 aromatic rings. The lowest BCUT2D eigenvalue weighted by atomic mass is 10.5. The quantitative estimate of drug-likeness (QED) is 0.509. The molecule has 1 saturated heterocycles. The summed E-state index contributed by atoms with van der Waals surface area (Å²) >= 11 is 2.01. The van der Waals surface area contributed by atoms with Crippen LogP contribution >= 0.6 is 11.8 Å². The molecule has 0 radical (unpaired) electrons. The molecule has 42 valence electrons. The summed E-state index contributed by atoms with van der Waals surface area (Å²) in [5, 5.41) is 4.05. The van der Waals surface area contributed by atoms with Crippen molar-refractivity contribution in [1.29, 1.82) is 0 Å². The van der Waals surface area contributed by atoms with Crippen LogP contribution in [0.5, 0.6) is 0 Å². The van der Waals surface area contributed by atoms with Gasteiger partial charge in [0.05, 0.1) is 5.37 Å². The highest BCUT2D eigenvalue weighted by Gasteiger charge is 2.04. The summed E-state index contributed by atoms with van der Waals surface area (Å²) in [4.78, 5) is 0. The minimum Gasteiger partial charge on any atom is -0.306 e. The van der Waals surface area contributed by atoms with Crippen molar-refractivity contribution in [3.05, 3.63) is 0 Å². The Kier molecular flexibility index (Phi) is 2.00. The molecule has 1 N–H and O–H groups in total. The Morgan fingerprint density at radius 2 is 2.57 bits per heavy atom. The van der Waals surface area contributed by atoms with Gasteiger partial charge in [0.25, 0.3) is 0 Å². The smallest absolute Gasteiger partial charge is 0.0503 e. The van der Waals surface area contributed by atoms with Crippen LogP contribution in [0.2, 0.25) is 0 Å². The molecule has 0 bridgehead atoms. The van der Waals surface area contributed by atoms with E-state index in [9.17, 15) is 0 Å². The Morgan fingerprint density at radius 3 is 2.86 bits per heavy atom. The van der Waals surface area contributed by atoms with Crippen molar-refractivity contribution < 1.29 is 0 Å². The van der Waals surface area contributed by atoms with E-state index in [4.69, 9.17) is 0 Å². The molecule has 0 aliphatic carbocycles. The molecule has 1 atom stereocenters. The fourth-order valence-electron chi connectivity index (χ4n) is 0.697. The predicted octanol–water partition coefficient (Wildman–Crippen LogP) is 1.06. The van der Waals surface area contributed by atoms with E-state index in [0.717, 1.165) is 0 Å². The normalized spacial score (nSPS) is 33.0. The highest BCUT2D eigenvalue weighted by atomic mass is 32.2. The summed E-state index contributed by atoms with van der Waals surface area (Å²) < 4.78 is 0. The first-order chi connectivity index (χ1) is 3.39. The van der Waals surface area contributed by atoms with Crippen molar-refractivity contribution >= 4 is 11.8 Å². The first-order valence-electron chi connectivity index (χ1n) is 2.74. The third-order valence-electron chi connectivity index (χ3n) is 1.12. The molecule has 0 spiro atoms. The maximum absolute atomic E-state index is 3.34. The summed E-state index contributed by atoms with van der Waals surface area (Å²) in [7, 11) is 0. The summed E-state index contributed by atoms with van der Waals surface area (Å²) in [6, 6.07) is 0. The Morgan fingerprint density at radius 1 is 1.71 bits per heavy atom. The lowest BCUT2D eigenvalue weighted by Crippen LogP contribution is -2.28. The zero-order valence-corrected chi connectivity index (χ0v) is 5.42. The molecule has 0 saturated carbocycles. The Hall–Kier alpha value is 0.310. The van der Waals surface area contributed by atoms with Crippen molar-refractivity contribution in [2.24, 2.45) is 0 Å². The number of hydrogen-bond donors (Lipinski definition) is 1. The second-order valence-corrected chi connectivity index (χ2v) is 3.27. The van der Waals surface area contributed by atoms with Crippen molar-refractivity contribution in [3.63, 3.8) is 0 Å². The number of rotatable bonds is 0. The summed E-state index contributed by atoms with van der Waals surface area (Å²) in [6.45, 7) is 3.43. The van der Waals surface area contributed by atoms with Crippen molar-refractivity contribution in [3.8, 4) is 0 Å². The van der Waals surface area contributed by atoms with Crippen LogP contribution in [0, 0.1) is 0 Å². The maximum Gasteiger partial charge on any atom is 0.0503 e. The molecule has 1 nitrogen and oxygen atoms in total. The summed E-state index contributed by atoms with van der Waals surface area (Å²) in [5.41, 5.74) is 0. The predicted molar refractivity (Wildman–Crippen MR) is 34.5 cm³/mol. The zero-order chi connectivity index (χ0) is 5.11. The molecular formula is C5H11NS. The second-order valence-electron chi connectivity index (χ2n) is 1.82. The van der Waals surface area contributed by atoms with Crippen LogP contribution in [0.1, 0.15) is 13.3 Å². The van der Waals surface area contributed by atoms with Gasteiger partial charge in [0.1, 0.15) is 0 Å². The van der Waals surface area contributed by atoms with E-state index in [2.05, 4.69) is 12.2 Å². The molecule has 2 heteroatoms. The summed E-state index contributed by atoms with van der Waals surface area (Å²) in [6.07, 6.45) is 1.34. The Balaban J connectivity index is 2.12. The molecule has 1 heterocycles.